The maximum Gasteiger partial charge on any atom is 0.416 e. The van der Waals surface area contributed by atoms with Gasteiger partial charge in [-0.15, -0.1) is 0 Å². The molecule has 0 amide bonds. The van der Waals surface area contributed by atoms with Gasteiger partial charge in [-0.1, -0.05) is 6.07 Å². The summed E-state index contributed by atoms with van der Waals surface area (Å²) >= 11 is 0. The highest BCUT2D eigenvalue weighted by Gasteiger charge is 2.35. The Morgan fingerprint density at radius 1 is 1.08 bits per heavy atom. The van der Waals surface area contributed by atoms with Crippen LogP contribution in [-0.4, -0.2) is 50.5 Å². The molecule has 2 aromatic carbocycles. The molecule has 2 unspecified atom stereocenters. The third-order valence-corrected chi connectivity index (χ3v) is 6.81. The van der Waals surface area contributed by atoms with Gasteiger partial charge in [0.25, 0.3) is 0 Å². The number of fused-ring (bicyclic) bond motifs is 1. The van der Waals surface area contributed by atoms with Crippen LogP contribution in [0.4, 0.5) is 23.2 Å². The van der Waals surface area contributed by atoms with Crippen molar-refractivity contribution in [3.63, 3.8) is 0 Å². The molecule has 5 rings (SSSR count). The van der Waals surface area contributed by atoms with Crippen molar-refractivity contribution in [3.05, 3.63) is 65.7 Å². The van der Waals surface area contributed by atoms with Crippen LogP contribution in [0.15, 0.2) is 48.8 Å². The van der Waals surface area contributed by atoms with Crippen molar-refractivity contribution in [1.29, 1.82) is 0 Å². The van der Waals surface area contributed by atoms with E-state index in [1.165, 1.54) is 25.3 Å². The highest BCUT2D eigenvalue weighted by molar-refractivity contribution is 5.92. The largest absolute Gasteiger partial charge is 0.496 e. The van der Waals surface area contributed by atoms with E-state index in [9.17, 15) is 17.6 Å². The fraction of sp³-hybridized carbons (Fsp3) is 0.370. The highest BCUT2D eigenvalue weighted by atomic mass is 19.4. The van der Waals surface area contributed by atoms with E-state index < -0.39 is 11.7 Å². The zero-order valence-electron chi connectivity index (χ0n) is 20.0. The number of methoxy groups -OCH3 is 1. The summed E-state index contributed by atoms with van der Waals surface area (Å²) in [7, 11) is 1.35. The summed E-state index contributed by atoms with van der Waals surface area (Å²) in [5.41, 5.74) is 3.16. The molecule has 3 aromatic rings. The van der Waals surface area contributed by atoms with Gasteiger partial charge >= 0.3 is 6.18 Å². The second-order valence-electron chi connectivity index (χ2n) is 9.22. The van der Waals surface area contributed by atoms with Gasteiger partial charge in [-0.05, 0) is 54.8 Å². The number of ether oxygens (including phenoxy) is 2. The minimum Gasteiger partial charge on any atom is -0.496 e. The number of pyridine rings is 1. The first-order valence-corrected chi connectivity index (χ1v) is 11.9. The number of rotatable bonds is 4. The molecule has 2 fully saturated rings. The highest BCUT2D eigenvalue weighted by Crippen LogP contribution is 2.45. The summed E-state index contributed by atoms with van der Waals surface area (Å²) in [5, 5.41) is 3.50. The molecule has 2 aliphatic rings. The normalized spacial score (nSPS) is 20.2. The van der Waals surface area contributed by atoms with Crippen LogP contribution < -0.4 is 15.0 Å². The fourth-order valence-electron chi connectivity index (χ4n) is 5.16. The lowest BCUT2D eigenvalue weighted by molar-refractivity contribution is -0.137. The second kappa shape index (κ2) is 9.71. The summed E-state index contributed by atoms with van der Waals surface area (Å²) in [6, 6.07) is 8.47. The number of benzene rings is 2. The van der Waals surface area contributed by atoms with E-state index in [1.54, 1.807) is 12.4 Å². The summed E-state index contributed by atoms with van der Waals surface area (Å²) in [6.07, 6.45) is -0.401. The summed E-state index contributed by atoms with van der Waals surface area (Å²) in [6.45, 7) is 4.51. The Hall–Kier alpha value is -3.17. The van der Waals surface area contributed by atoms with Gasteiger partial charge in [-0.3, -0.25) is 4.98 Å². The van der Waals surface area contributed by atoms with E-state index in [1.807, 2.05) is 13.0 Å². The van der Waals surface area contributed by atoms with E-state index >= 15 is 0 Å². The summed E-state index contributed by atoms with van der Waals surface area (Å²) < 4.78 is 66.0. The topological polar surface area (TPSA) is 46.6 Å². The van der Waals surface area contributed by atoms with E-state index in [0.717, 1.165) is 36.3 Å². The van der Waals surface area contributed by atoms with Crippen molar-refractivity contribution in [2.24, 2.45) is 0 Å². The number of anilines is 1. The summed E-state index contributed by atoms with van der Waals surface area (Å²) in [5.74, 6) is -0.280. The number of aromatic nitrogens is 1. The number of nitrogens with zero attached hydrogens (tertiary/aromatic N) is 2. The van der Waals surface area contributed by atoms with Gasteiger partial charge in [0, 0.05) is 54.8 Å². The zero-order chi connectivity index (χ0) is 25.4. The van der Waals surface area contributed by atoms with Gasteiger partial charge in [0.1, 0.15) is 11.6 Å². The molecular formula is C27H27F4N3O2. The predicted octanol–water partition coefficient (Wildman–Crippen LogP) is 5.46. The molecule has 2 saturated heterocycles. The number of piperidine rings is 1. The fourth-order valence-corrected chi connectivity index (χ4v) is 5.16. The molecule has 190 valence electrons. The van der Waals surface area contributed by atoms with E-state index in [2.05, 4.69) is 15.2 Å². The molecular weight excluding hydrogens is 474 g/mol. The lowest BCUT2D eigenvalue weighted by Crippen LogP contribution is -2.57. The van der Waals surface area contributed by atoms with E-state index in [0.29, 0.717) is 42.0 Å². The molecule has 1 N–H and O–H groups in total. The van der Waals surface area contributed by atoms with Gasteiger partial charge in [0.05, 0.1) is 31.1 Å². The molecule has 0 spiro atoms. The summed E-state index contributed by atoms with van der Waals surface area (Å²) in [4.78, 5) is 6.57. The molecule has 2 aliphatic heterocycles. The van der Waals surface area contributed by atoms with Crippen LogP contribution in [0.3, 0.4) is 0 Å². The number of aryl methyl sites for hydroxylation is 1. The molecule has 1 aromatic heterocycles. The van der Waals surface area contributed by atoms with Gasteiger partial charge in [-0.25, -0.2) is 4.39 Å². The van der Waals surface area contributed by atoms with Crippen LogP contribution in [0.5, 0.6) is 5.75 Å². The van der Waals surface area contributed by atoms with E-state index in [4.69, 9.17) is 9.47 Å². The van der Waals surface area contributed by atoms with Crippen LogP contribution >= 0.6 is 0 Å². The minimum absolute atomic E-state index is 0.0369. The molecule has 0 bridgehead atoms. The molecule has 5 nitrogen and oxygen atoms in total. The third kappa shape index (κ3) is 4.77. The molecule has 9 heteroatoms. The first-order valence-electron chi connectivity index (χ1n) is 11.9. The standard InChI is InChI=1S/C27H27F4N3O2/c1-16-9-17(11-19(28)10-16)21-13-32-14-22(20-4-3-18(27(29,30)31)12-24(20)35-2)26(21)34-7-5-23-25(15-34)36-8-6-33-23/h3-4,9-14,23,25,33H,5-8,15H2,1-2H3. The van der Waals surface area contributed by atoms with Crippen LogP contribution in [0, 0.1) is 12.7 Å². The molecule has 36 heavy (non-hydrogen) atoms. The number of morpholine rings is 1. The van der Waals surface area contributed by atoms with Gasteiger partial charge in [0.2, 0.25) is 0 Å². The van der Waals surface area contributed by atoms with E-state index in [-0.39, 0.29) is 23.7 Å². The number of halogens is 4. The Morgan fingerprint density at radius 2 is 1.89 bits per heavy atom. The van der Waals surface area contributed by atoms with Crippen LogP contribution in [0.25, 0.3) is 22.3 Å². The maximum atomic E-state index is 14.4. The SMILES string of the molecule is COc1cc(C(F)(F)F)ccc1-c1cncc(-c2cc(C)cc(F)c2)c1N1CCC2NCCOC2C1. The second-order valence-corrected chi connectivity index (χ2v) is 9.22. The quantitative estimate of drug-likeness (QED) is 0.482. The van der Waals surface area contributed by atoms with Crippen molar-refractivity contribution in [1.82, 2.24) is 10.3 Å². The van der Waals surface area contributed by atoms with Crippen LogP contribution in [-0.2, 0) is 10.9 Å². The Labute approximate surface area is 207 Å². The Bertz CT molecular complexity index is 1240. The molecule has 0 radical (unpaired) electrons. The zero-order valence-corrected chi connectivity index (χ0v) is 20.0. The molecule has 0 saturated carbocycles. The first kappa shape index (κ1) is 24.5. The smallest absolute Gasteiger partial charge is 0.416 e. The molecule has 2 atom stereocenters. The van der Waals surface area contributed by atoms with Crippen LogP contribution in [0.1, 0.15) is 17.5 Å². The number of hydrogen-bond donors (Lipinski definition) is 1. The average molecular weight is 502 g/mol. The van der Waals surface area contributed by atoms with Gasteiger partial charge in [-0.2, -0.15) is 13.2 Å². The first-order chi connectivity index (χ1) is 17.2. The lowest BCUT2D eigenvalue weighted by Gasteiger charge is -2.43. The minimum atomic E-state index is -4.50. The average Bonchev–Trinajstić information content (AvgIpc) is 2.86. The maximum absolute atomic E-state index is 14.4. The van der Waals surface area contributed by atoms with Crippen LogP contribution in [0.2, 0.25) is 0 Å². The number of alkyl halides is 3. The van der Waals surface area contributed by atoms with Gasteiger partial charge in [0.15, 0.2) is 0 Å². The molecule has 0 aliphatic carbocycles. The van der Waals surface area contributed by atoms with Crippen molar-refractivity contribution in [2.45, 2.75) is 31.7 Å². The number of nitrogens with one attached hydrogen (secondary N) is 1. The Balaban J connectivity index is 1.68. The van der Waals surface area contributed by atoms with Crippen molar-refractivity contribution >= 4 is 5.69 Å². The Morgan fingerprint density at radius 3 is 2.64 bits per heavy atom. The Kier molecular flexibility index (Phi) is 6.61. The van der Waals surface area contributed by atoms with Gasteiger partial charge < -0.3 is 19.7 Å². The molecule has 3 heterocycles. The number of hydrogen-bond acceptors (Lipinski definition) is 5. The third-order valence-electron chi connectivity index (χ3n) is 6.81. The van der Waals surface area contributed by atoms with Crippen molar-refractivity contribution in [2.75, 3.05) is 38.3 Å². The monoisotopic (exact) mass is 501 g/mol. The van der Waals surface area contributed by atoms with Crippen molar-refractivity contribution in [3.8, 4) is 28.0 Å². The predicted molar refractivity (Wildman–Crippen MR) is 130 cm³/mol. The lowest BCUT2D eigenvalue weighted by atomic mass is 9.93. The van der Waals surface area contributed by atoms with Crippen molar-refractivity contribution < 1.29 is 27.0 Å².